The van der Waals surface area contributed by atoms with E-state index < -0.39 is 5.56 Å². The fourth-order valence-corrected chi connectivity index (χ4v) is 2.49. The van der Waals surface area contributed by atoms with Gasteiger partial charge in [0.2, 0.25) is 0 Å². The van der Waals surface area contributed by atoms with E-state index in [1.54, 1.807) is 24.3 Å². The minimum atomic E-state index is -0.458. The highest BCUT2D eigenvalue weighted by Crippen LogP contribution is 2.15. The fourth-order valence-electron chi connectivity index (χ4n) is 2.22. The second-order valence-corrected chi connectivity index (χ2v) is 6.07. The van der Waals surface area contributed by atoms with Crippen LogP contribution in [-0.4, -0.2) is 15.7 Å². The molecule has 25 heavy (non-hydrogen) atoms. The lowest BCUT2D eigenvalue weighted by Crippen LogP contribution is -2.23. The molecule has 0 unspecified atom stereocenters. The summed E-state index contributed by atoms with van der Waals surface area (Å²) < 4.78 is 1.22. The molecule has 0 saturated heterocycles. The molecule has 0 radical (unpaired) electrons. The molecular weight excluding hydrogens is 361 g/mol. The maximum absolute atomic E-state index is 12.2. The Morgan fingerprint density at radius 1 is 1.04 bits per heavy atom. The van der Waals surface area contributed by atoms with Crippen LogP contribution in [-0.2, 0) is 6.54 Å². The van der Waals surface area contributed by atoms with Crippen LogP contribution in [0.15, 0.2) is 65.6 Å². The number of nitrogens with one attached hydrogen (secondary N) is 1. The molecule has 0 aliphatic carbocycles. The molecule has 0 atom stereocenters. The normalized spacial score (nSPS) is 10.5. The molecule has 3 aromatic rings. The molecular formula is C18H13Cl2N3O2. The van der Waals surface area contributed by atoms with Crippen LogP contribution < -0.4 is 10.9 Å². The zero-order valence-electron chi connectivity index (χ0n) is 12.9. The van der Waals surface area contributed by atoms with Crippen molar-refractivity contribution in [1.82, 2.24) is 9.78 Å². The van der Waals surface area contributed by atoms with Gasteiger partial charge in [-0.25, -0.2) is 4.68 Å². The molecule has 0 spiro atoms. The number of hydrogen-bond acceptors (Lipinski definition) is 3. The third-order valence-corrected chi connectivity index (χ3v) is 4.27. The second kappa shape index (κ2) is 7.51. The summed E-state index contributed by atoms with van der Waals surface area (Å²) >= 11 is 11.6. The average molecular weight is 374 g/mol. The van der Waals surface area contributed by atoms with Crippen LogP contribution in [0, 0.1) is 0 Å². The molecule has 1 heterocycles. The second-order valence-electron chi connectivity index (χ2n) is 5.29. The number of amides is 1. The number of rotatable bonds is 4. The number of carbonyl (C=O) groups excluding carboxylic acids is 1. The third kappa shape index (κ3) is 4.07. The zero-order chi connectivity index (χ0) is 17.8. The topological polar surface area (TPSA) is 64.0 Å². The highest BCUT2D eigenvalue weighted by atomic mass is 35.5. The Bertz CT molecular complexity index is 954. The van der Waals surface area contributed by atoms with E-state index in [-0.39, 0.29) is 22.5 Å². The number of benzene rings is 2. The van der Waals surface area contributed by atoms with Crippen molar-refractivity contribution in [2.24, 2.45) is 0 Å². The molecule has 1 amide bonds. The van der Waals surface area contributed by atoms with Crippen molar-refractivity contribution < 1.29 is 4.79 Å². The molecule has 1 N–H and O–H groups in total. The predicted octanol–water partition coefficient (Wildman–Crippen LogP) is 3.85. The van der Waals surface area contributed by atoms with Crippen molar-refractivity contribution in [2.45, 2.75) is 6.54 Å². The quantitative estimate of drug-likeness (QED) is 0.755. The third-order valence-electron chi connectivity index (χ3n) is 3.52. The Morgan fingerprint density at radius 2 is 1.72 bits per heavy atom. The molecule has 0 aliphatic rings. The maximum Gasteiger partial charge on any atom is 0.287 e. The Morgan fingerprint density at radius 3 is 2.40 bits per heavy atom. The molecule has 1 aromatic heterocycles. The fraction of sp³-hybridized carbons (Fsp3) is 0.0556. The van der Waals surface area contributed by atoms with Gasteiger partial charge >= 0.3 is 0 Å². The summed E-state index contributed by atoms with van der Waals surface area (Å²) in [7, 11) is 0. The largest absolute Gasteiger partial charge is 0.322 e. The number of hydrogen-bond donors (Lipinski definition) is 1. The van der Waals surface area contributed by atoms with Crippen LogP contribution in [0.1, 0.15) is 15.9 Å². The molecule has 0 aliphatic heterocycles. The summed E-state index contributed by atoms with van der Waals surface area (Å²) in [4.78, 5) is 24.2. The summed E-state index contributed by atoms with van der Waals surface area (Å²) in [5, 5.41) is 6.83. The van der Waals surface area contributed by atoms with E-state index in [1.807, 2.05) is 30.3 Å². The summed E-state index contributed by atoms with van der Waals surface area (Å²) in [6.07, 6.45) is 1.33. The van der Waals surface area contributed by atoms with E-state index in [2.05, 4.69) is 10.4 Å². The first kappa shape index (κ1) is 17.2. The number of aromatic nitrogens is 2. The Balaban J connectivity index is 1.73. The van der Waals surface area contributed by atoms with Crippen molar-refractivity contribution in [2.75, 3.05) is 5.32 Å². The summed E-state index contributed by atoms with van der Waals surface area (Å²) in [6, 6.07) is 16.1. The first-order chi connectivity index (χ1) is 12.0. The lowest BCUT2D eigenvalue weighted by molar-refractivity contribution is 0.102. The van der Waals surface area contributed by atoms with E-state index in [0.717, 1.165) is 11.3 Å². The van der Waals surface area contributed by atoms with Crippen molar-refractivity contribution in [3.05, 3.63) is 92.3 Å². The first-order valence-corrected chi connectivity index (χ1v) is 8.16. The minimum absolute atomic E-state index is 0.0597. The van der Waals surface area contributed by atoms with Crippen LogP contribution in [0.4, 0.5) is 5.69 Å². The van der Waals surface area contributed by atoms with Crippen molar-refractivity contribution in [3.8, 4) is 0 Å². The SMILES string of the molecule is O=C(Nc1ccccc1)c1ccc(Cn2ncc(Cl)c(Cl)c2=O)cc1. The molecule has 0 bridgehead atoms. The summed E-state index contributed by atoms with van der Waals surface area (Å²) in [6.45, 7) is 0.232. The predicted molar refractivity (Wildman–Crippen MR) is 98.5 cm³/mol. The standard InChI is InChI=1S/C18H13Cl2N3O2/c19-15-10-21-23(18(25)16(15)20)11-12-6-8-13(9-7-12)17(24)22-14-4-2-1-3-5-14/h1-10H,11H2,(H,22,24). The molecule has 2 aromatic carbocycles. The minimum Gasteiger partial charge on any atom is -0.322 e. The highest BCUT2D eigenvalue weighted by Gasteiger charge is 2.09. The molecule has 126 valence electrons. The maximum atomic E-state index is 12.2. The lowest BCUT2D eigenvalue weighted by Gasteiger charge is -2.08. The van der Waals surface area contributed by atoms with Gasteiger partial charge in [-0.3, -0.25) is 9.59 Å². The number of para-hydroxylation sites is 1. The van der Waals surface area contributed by atoms with Crippen LogP contribution in [0.5, 0.6) is 0 Å². The van der Waals surface area contributed by atoms with Crippen LogP contribution in [0.3, 0.4) is 0 Å². The number of nitrogens with zero attached hydrogens (tertiary/aromatic N) is 2. The van der Waals surface area contributed by atoms with Crippen LogP contribution in [0.2, 0.25) is 10.0 Å². The van der Waals surface area contributed by atoms with Gasteiger partial charge in [-0.1, -0.05) is 53.5 Å². The van der Waals surface area contributed by atoms with Crippen LogP contribution in [0.25, 0.3) is 0 Å². The average Bonchev–Trinajstić information content (AvgIpc) is 2.63. The Hall–Kier alpha value is -2.63. The van der Waals surface area contributed by atoms with Gasteiger partial charge in [0.05, 0.1) is 17.8 Å². The van der Waals surface area contributed by atoms with Crippen molar-refractivity contribution in [1.29, 1.82) is 0 Å². The van der Waals surface area contributed by atoms with E-state index in [4.69, 9.17) is 23.2 Å². The van der Waals surface area contributed by atoms with E-state index >= 15 is 0 Å². The lowest BCUT2D eigenvalue weighted by atomic mass is 10.1. The molecule has 0 saturated carbocycles. The van der Waals surface area contributed by atoms with E-state index in [1.165, 1.54) is 10.9 Å². The number of anilines is 1. The number of halogens is 2. The van der Waals surface area contributed by atoms with Crippen molar-refractivity contribution in [3.63, 3.8) is 0 Å². The van der Waals surface area contributed by atoms with Gasteiger partial charge in [0.1, 0.15) is 5.02 Å². The monoisotopic (exact) mass is 373 g/mol. The Kier molecular flexibility index (Phi) is 5.16. The molecule has 5 nitrogen and oxygen atoms in total. The zero-order valence-corrected chi connectivity index (χ0v) is 14.5. The number of carbonyl (C=O) groups is 1. The molecule has 0 fully saturated rings. The van der Waals surface area contributed by atoms with Gasteiger partial charge in [-0.15, -0.1) is 0 Å². The van der Waals surface area contributed by atoms with Crippen molar-refractivity contribution >= 4 is 34.8 Å². The van der Waals surface area contributed by atoms with E-state index in [0.29, 0.717) is 5.56 Å². The van der Waals surface area contributed by atoms with Gasteiger partial charge in [-0.2, -0.15) is 5.10 Å². The van der Waals surface area contributed by atoms with Gasteiger partial charge < -0.3 is 5.32 Å². The highest BCUT2D eigenvalue weighted by molar-refractivity contribution is 6.41. The van der Waals surface area contributed by atoms with Crippen LogP contribution >= 0.6 is 23.2 Å². The smallest absolute Gasteiger partial charge is 0.287 e. The summed E-state index contributed by atoms with van der Waals surface area (Å²) in [5.41, 5.74) is 1.59. The Labute approximate surface area is 153 Å². The van der Waals surface area contributed by atoms with Gasteiger partial charge in [-0.05, 0) is 29.8 Å². The van der Waals surface area contributed by atoms with E-state index in [9.17, 15) is 9.59 Å². The molecule has 3 rings (SSSR count). The van der Waals surface area contributed by atoms with Gasteiger partial charge in [0.15, 0.2) is 0 Å². The first-order valence-electron chi connectivity index (χ1n) is 7.41. The summed E-state index contributed by atoms with van der Waals surface area (Å²) in [5.74, 6) is -0.206. The van der Waals surface area contributed by atoms with Gasteiger partial charge in [0, 0.05) is 11.3 Å². The molecule has 7 heteroatoms. The van der Waals surface area contributed by atoms with Gasteiger partial charge in [0.25, 0.3) is 11.5 Å².